The van der Waals surface area contributed by atoms with Crippen LogP contribution in [0.4, 0.5) is 17.1 Å². The van der Waals surface area contributed by atoms with Gasteiger partial charge in [-0.3, -0.25) is 0 Å². The third-order valence-corrected chi connectivity index (χ3v) is 15.6. The molecule has 13 aromatic rings. The molecule has 0 atom stereocenters. The fourth-order valence-corrected chi connectivity index (χ4v) is 12.6. The van der Waals surface area contributed by atoms with Gasteiger partial charge >= 0.3 is 0 Å². The Morgan fingerprint density at radius 1 is 0.324 bits per heavy atom. The molecule has 0 unspecified atom stereocenters. The molecule has 11 aromatic carbocycles. The second kappa shape index (κ2) is 16.7. The SMILES string of the molecule is c1ccc(-c2ccc(N(c3ccc(-c4cccc5c4oc4ccccc45)cc3)c3cccc4c3C3(c5ccccc5-c5ccccc53)c3c-4c(-c4ccccc4)n(-c4ccccc4)c3-c3ccccc3)cc2)cc1. The Labute approximate surface area is 430 Å². The molecule has 74 heavy (non-hydrogen) atoms. The molecular formula is C71H46N2O. The van der Waals surface area contributed by atoms with Gasteiger partial charge in [0.15, 0.2) is 0 Å². The predicted octanol–water partition coefficient (Wildman–Crippen LogP) is 18.9. The van der Waals surface area contributed by atoms with Gasteiger partial charge in [-0.15, -0.1) is 0 Å². The van der Waals surface area contributed by atoms with E-state index in [2.05, 4.69) is 282 Å². The van der Waals surface area contributed by atoms with Crippen molar-refractivity contribution in [1.29, 1.82) is 0 Å². The van der Waals surface area contributed by atoms with Crippen molar-refractivity contribution < 1.29 is 4.42 Å². The topological polar surface area (TPSA) is 21.3 Å². The van der Waals surface area contributed by atoms with Gasteiger partial charge in [-0.25, -0.2) is 0 Å². The highest BCUT2D eigenvalue weighted by atomic mass is 16.3. The Kier molecular flexibility index (Phi) is 9.48. The Morgan fingerprint density at radius 3 is 1.45 bits per heavy atom. The number of rotatable bonds is 8. The van der Waals surface area contributed by atoms with E-state index in [1.165, 1.54) is 67.0 Å². The molecule has 3 nitrogen and oxygen atoms in total. The van der Waals surface area contributed by atoms with Gasteiger partial charge in [-0.2, -0.15) is 0 Å². The second-order valence-electron chi connectivity index (χ2n) is 19.5. The zero-order valence-corrected chi connectivity index (χ0v) is 40.4. The van der Waals surface area contributed by atoms with Crippen LogP contribution < -0.4 is 4.90 Å². The Bertz CT molecular complexity index is 4220. The molecule has 346 valence electrons. The summed E-state index contributed by atoms with van der Waals surface area (Å²) in [5, 5.41) is 2.25. The Balaban J connectivity index is 1.05. The van der Waals surface area contributed by atoms with Crippen LogP contribution >= 0.6 is 0 Å². The first kappa shape index (κ1) is 42.0. The Hall–Kier alpha value is -9.70. The summed E-state index contributed by atoms with van der Waals surface area (Å²) in [7, 11) is 0. The zero-order valence-electron chi connectivity index (χ0n) is 40.4. The number of furan rings is 1. The van der Waals surface area contributed by atoms with E-state index in [-0.39, 0.29) is 0 Å². The third kappa shape index (κ3) is 6.14. The van der Waals surface area contributed by atoms with E-state index in [1.807, 2.05) is 6.07 Å². The maximum absolute atomic E-state index is 6.59. The molecule has 2 aliphatic rings. The molecule has 2 aromatic heterocycles. The smallest absolute Gasteiger partial charge is 0.143 e. The first-order valence-corrected chi connectivity index (χ1v) is 25.5. The lowest BCUT2D eigenvalue weighted by molar-refractivity contribution is 0.670. The summed E-state index contributed by atoms with van der Waals surface area (Å²) in [6, 6.07) is 102. The second-order valence-corrected chi connectivity index (χ2v) is 19.5. The van der Waals surface area contributed by atoms with Crippen LogP contribution in [0, 0.1) is 0 Å². The lowest BCUT2D eigenvalue weighted by Gasteiger charge is -2.36. The molecule has 1 spiro atoms. The standard InChI is InChI=1S/C71H46N2O/c1-5-21-47(22-6-1)48-39-43-53(44-40-48)72(54-45-41-49(42-46-54)55-32-19-33-59-58-31-15-18-38-64(58)74-70(55)59)63-37-20-34-60-65-67(71(66(60)63)61-35-16-13-29-56(61)57-30-14-17-36-62(57)71)69(51-25-9-3-10-26-51)73(52-27-11-4-12-28-52)68(65)50-23-7-2-8-24-50/h1-46H. The van der Waals surface area contributed by atoms with Gasteiger partial charge in [0, 0.05) is 50.1 Å². The third-order valence-electron chi connectivity index (χ3n) is 15.6. The van der Waals surface area contributed by atoms with Crippen LogP contribution in [0.1, 0.15) is 22.3 Å². The van der Waals surface area contributed by atoms with Crippen LogP contribution in [-0.2, 0) is 5.41 Å². The fraction of sp³-hybridized carbons (Fsp3) is 0.0141. The van der Waals surface area contributed by atoms with Crippen LogP contribution in [0.2, 0.25) is 0 Å². The molecule has 0 amide bonds. The van der Waals surface area contributed by atoms with Crippen molar-refractivity contribution >= 4 is 39.0 Å². The molecule has 0 radical (unpaired) electrons. The maximum atomic E-state index is 6.59. The summed E-state index contributed by atoms with van der Waals surface area (Å²) in [6.45, 7) is 0. The molecule has 2 heterocycles. The van der Waals surface area contributed by atoms with Crippen molar-refractivity contribution in [2.75, 3.05) is 4.90 Å². The molecule has 0 saturated heterocycles. The predicted molar refractivity (Wildman–Crippen MR) is 306 cm³/mol. The molecule has 0 bridgehead atoms. The summed E-state index contributed by atoms with van der Waals surface area (Å²) in [5.41, 5.74) is 24.7. The van der Waals surface area contributed by atoms with Crippen molar-refractivity contribution in [1.82, 2.24) is 4.57 Å². The minimum atomic E-state index is -0.748. The van der Waals surface area contributed by atoms with Gasteiger partial charge in [0.1, 0.15) is 11.2 Å². The van der Waals surface area contributed by atoms with Gasteiger partial charge in [-0.05, 0) is 104 Å². The van der Waals surface area contributed by atoms with Crippen molar-refractivity contribution in [2.24, 2.45) is 0 Å². The van der Waals surface area contributed by atoms with Crippen LogP contribution in [0.25, 0.3) is 94.6 Å². The van der Waals surface area contributed by atoms with Crippen LogP contribution in [0.15, 0.2) is 283 Å². The number of aromatic nitrogens is 1. The van der Waals surface area contributed by atoms with E-state index in [9.17, 15) is 0 Å². The van der Waals surface area contributed by atoms with Crippen molar-refractivity contribution in [3.8, 4) is 72.7 Å². The van der Waals surface area contributed by atoms with Gasteiger partial charge in [0.2, 0.25) is 0 Å². The van der Waals surface area contributed by atoms with Crippen molar-refractivity contribution in [3.63, 3.8) is 0 Å². The number of fused-ring (bicyclic) bond motifs is 13. The molecular weight excluding hydrogens is 897 g/mol. The maximum Gasteiger partial charge on any atom is 0.143 e. The normalized spacial score (nSPS) is 12.7. The molecule has 0 fully saturated rings. The zero-order chi connectivity index (χ0) is 48.7. The van der Waals surface area contributed by atoms with E-state index in [4.69, 9.17) is 4.42 Å². The van der Waals surface area contributed by atoms with Gasteiger partial charge in [-0.1, -0.05) is 231 Å². The van der Waals surface area contributed by atoms with Crippen LogP contribution in [0.3, 0.4) is 0 Å². The van der Waals surface area contributed by atoms with E-state index in [0.29, 0.717) is 0 Å². The van der Waals surface area contributed by atoms with E-state index in [1.54, 1.807) is 0 Å². The quantitative estimate of drug-likeness (QED) is 0.151. The van der Waals surface area contributed by atoms with E-state index in [0.717, 1.165) is 66.9 Å². The summed E-state index contributed by atoms with van der Waals surface area (Å²) in [6.07, 6.45) is 0. The minimum absolute atomic E-state index is 0.748. The van der Waals surface area contributed by atoms with Crippen molar-refractivity contribution in [3.05, 3.63) is 301 Å². The lowest BCUT2D eigenvalue weighted by atomic mass is 9.69. The highest BCUT2D eigenvalue weighted by Crippen LogP contribution is 2.69. The molecule has 2 aliphatic carbocycles. The molecule has 3 heteroatoms. The van der Waals surface area contributed by atoms with Gasteiger partial charge < -0.3 is 13.9 Å². The van der Waals surface area contributed by atoms with Gasteiger partial charge in [0.05, 0.1) is 22.5 Å². The van der Waals surface area contributed by atoms with Crippen LogP contribution in [0.5, 0.6) is 0 Å². The molecule has 0 saturated carbocycles. The van der Waals surface area contributed by atoms with Crippen LogP contribution in [-0.4, -0.2) is 4.57 Å². The first-order chi connectivity index (χ1) is 36.8. The first-order valence-electron chi connectivity index (χ1n) is 25.5. The van der Waals surface area contributed by atoms with Crippen molar-refractivity contribution in [2.45, 2.75) is 5.41 Å². The van der Waals surface area contributed by atoms with E-state index >= 15 is 0 Å². The minimum Gasteiger partial charge on any atom is -0.455 e. The summed E-state index contributed by atoms with van der Waals surface area (Å²) >= 11 is 0. The molecule has 0 aliphatic heterocycles. The number of hydrogen-bond donors (Lipinski definition) is 0. The average Bonchev–Trinajstić information content (AvgIpc) is 4.39. The number of benzene rings is 11. The molecule has 0 N–H and O–H groups in total. The summed E-state index contributed by atoms with van der Waals surface area (Å²) in [4.78, 5) is 2.51. The summed E-state index contributed by atoms with van der Waals surface area (Å²) in [5.74, 6) is 0. The van der Waals surface area contributed by atoms with Gasteiger partial charge in [0.25, 0.3) is 0 Å². The monoisotopic (exact) mass is 942 g/mol. The highest BCUT2D eigenvalue weighted by Gasteiger charge is 2.57. The highest BCUT2D eigenvalue weighted by molar-refractivity contribution is 6.10. The molecule has 15 rings (SSSR count). The fourth-order valence-electron chi connectivity index (χ4n) is 12.6. The average molecular weight is 943 g/mol. The number of para-hydroxylation sites is 3. The largest absolute Gasteiger partial charge is 0.455 e. The lowest BCUT2D eigenvalue weighted by Crippen LogP contribution is -2.29. The number of nitrogens with zero attached hydrogens (tertiary/aromatic N) is 2. The number of anilines is 3. The number of hydrogen-bond acceptors (Lipinski definition) is 2. The van der Waals surface area contributed by atoms with E-state index < -0.39 is 5.41 Å². The summed E-state index contributed by atoms with van der Waals surface area (Å²) < 4.78 is 9.15. The Morgan fingerprint density at radius 2 is 0.797 bits per heavy atom.